The van der Waals surface area contributed by atoms with Gasteiger partial charge in [-0.15, -0.1) is 0 Å². The molecule has 0 radical (unpaired) electrons. The summed E-state index contributed by atoms with van der Waals surface area (Å²) in [5, 5.41) is 0. The Kier molecular flexibility index (Phi) is 4.88. The fraction of sp³-hybridized carbons (Fsp3) is 0.571. The minimum Gasteiger partial charge on any atom is -0.495 e. The Hall–Kier alpha value is -1.15. The highest BCUT2D eigenvalue weighted by Crippen LogP contribution is 2.30. The topological polar surface area (TPSA) is 75.9 Å². The van der Waals surface area contributed by atoms with Crippen LogP contribution in [0.3, 0.4) is 0 Å². The number of hydrogen-bond donors (Lipinski definition) is 1. The Bertz CT molecular complexity index is 601. The molecule has 1 aromatic rings. The van der Waals surface area contributed by atoms with Gasteiger partial charge in [0, 0.05) is 25.7 Å². The molecule has 2 rings (SSSR count). The van der Waals surface area contributed by atoms with E-state index in [-0.39, 0.29) is 10.9 Å². The fourth-order valence-electron chi connectivity index (χ4n) is 2.54. The van der Waals surface area contributed by atoms with E-state index in [1.165, 1.54) is 11.4 Å². The molecule has 2 N–H and O–H groups in total. The van der Waals surface area contributed by atoms with Gasteiger partial charge in [-0.25, -0.2) is 8.42 Å². The third-order valence-corrected chi connectivity index (χ3v) is 5.82. The maximum Gasteiger partial charge on any atom is 0.246 e. The van der Waals surface area contributed by atoms with E-state index in [1.54, 1.807) is 18.2 Å². The minimum atomic E-state index is -3.55. The predicted molar refractivity (Wildman–Crippen MR) is 81.7 cm³/mol. The van der Waals surface area contributed by atoms with E-state index in [2.05, 4.69) is 4.90 Å². The van der Waals surface area contributed by atoms with Gasteiger partial charge in [-0.1, -0.05) is 6.07 Å². The molecule has 6 nitrogen and oxygen atoms in total. The molecule has 0 spiro atoms. The number of methoxy groups -OCH3 is 1. The van der Waals surface area contributed by atoms with Gasteiger partial charge in [-0.2, -0.15) is 4.31 Å². The van der Waals surface area contributed by atoms with Crippen LogP contribution in [0.1, 0.15) is 12.0 Å². The molecule has 1 atom stereocenters. The predicted octanol–water partition coefficient (Wildman–Crippen LogP) is 0.479. The first kappa shape index (κ1) is 16.2. The SMILES string of the molecule is COc1ccc(CN)cc1S(=O)(=O)N1CCC(N(C)C)C1. The summed E-state index contributed by atoms with van der Waals surface area (Å²) in [6.45, 7) is 1.33. The lowest BCUT2D eigenvalue weighted by molar-refractivity contribution is 0.302. The smallest absolute Gasteiger partial charge is 0.246 e. The summed E-state index contributed by atoms with van der Waals surface area (Å²) in [7, 11) is 1.86. The Labute approximate surface area is 126 Å². The maximum atomic E-state index is 12.8. The molecule has 7 heteroatoms. The molecule has 1 unspecified atom stereocenters. The van der Waals surface area contributed by atoms with Crippen LogP contribution in [-0.2, 0) is 16.6 Å². The number of sulfonamides is 1. The van der Waals surface area contributed by atoms with Gasteiger partial charge in [0.25, 0.3) is 0 Å². The van der Waals surface area contributed by atoms with Crippen LogP contribution in [-0.4, -0.2) is 58.0 Å². The van der Waals surface area contributed by atoms with Crippen LogP contribution in [0.4, 0.5) is 0 Å². The lowest BCUT2D eigenvalue weighted by Gasteiger charge is -2.21. The van der Waals surface area contributed by atoms with Crippen molar-refractivity contribution in [2.45, 2.75) is 23.9 Å². The van der Waals surface area contributed by atoms with Crippen LogP contribution in [0.5, 0.6) is 5.75 Å². The lowest BCUT2D eigenvalue weighted by atomic mass is 10.2. The largest absolute Gasteiger partial charge is 0.495 e. The summed E-state index contributed by atoms with van der Waals surface area (Å²) >= 11 is 0. The molecule has 0 aliphatic carbocycles. The highest BCUT2D eigenvalue weighted by molar-refractivity contribution is 7.89. The van der Waals surface area contributed by atoms with Crippen LogP contribution in [0.2, 0.25) is 0 Å². The zero-order valence-corrected chi connectivity index (χ0v) is 13.6. The molecular weight excluding hydrogens is 290 g/mol. The van der Waals surface area contributed by atoms with Crippen LogP contribution in [0.25, 0.3) is 0 Å². The van der Waals surface area contributed by atoms with Crippen molar-refractivity contribution in [1.82, 2.24) is 9.21 Å². The number of nitrogens with zero attached hydrogens (tertiary/aromatic N) is 2. The van der Waals surface area contributed by atoms with E-state index in [1.807, 2.05) is 14.1 Å². The van der Waals surface area contributed by atoms with Gasteiger partial charge < -0.3 is 15.4 Å². The first-order chi connectivity index (χ1) is 9.90. The summed E-state index contributed by atoms with van der Waals surface area (Å²) in [6.07, 6.45) is 0.838. The first-order valence-corrected chi connectivity index (χ1v) is 8.37. The van der Waals surface area contributed by atoms with Crippen LogP contribution >= 0.6 is 0 Å². The average molecular weight is 313 g/mol. The van der Waals surface area contributed by atoms with E-state index in [9.17, 15) is 8.42 Å². The quantitative estimate of drug-likeness (QED) is 0.855. The molecule has 118 valence electrons. The minimum absolute atomic E-state index is 0.201. The van der Waals surface area contributed by atoms with Gasteiger partial charge in [0.15, 0.2) is 0 Å². The molecule has 1 saturated heterocycles. The Morgan fingerprint density at radius 1 is 1.43 bits per heavy atom. The monoisotopic (exact) mass is 313 g/mol. The molecule has 1 aliphatic heterocycles. The second kappa shape index (κ2) is 6.31. The highest BCUT2D eigenvalue weighted by atomic mass is 32.2. The van der Waals surface area contributed by atoms with Crippen molar-refractivity contribution >= 4 is 10.0 Å². The Morgan fingerprint density at radius 3 is 2.67 bits per heavy atom. The molecule has 1 fully saturated rings. The number of benzene rings is 1. The molecule has 0 saturated carbocycles. The van der Waals surface area contributed by atoms with Gasteiger partial charge in [-0.3, -0.25) is 0 Å². The molecule has 0 amide bonds. The number of nitrogens with two attached hydrogens (primary N) is 1. The third kappa shape index (κ3) is 3.21. The molecule has 1 heterocycles. The van der Waals surface area contributed by atoms with Gasteiger partial charge in [0.05, 0.1) is 7.11 Å². The van der Waals surface area contributed by atoms with Crippen molar-refractivity contribution in [2.75, 3.05) is 34.3 Å². The Balaban J connectivity index is 2.36. The van der Waals surface area contributed by atoms with Crippen LogP contribution in [0.15, 0.2) is 23.1 Å². The number of rotatable bonds is 5. The number of hydrogen-bond acceptors (Lipinski definition) is 5. The molecule has 0 bridgehead atoms. The zero-order chi connectivity index (χ0) is 15.6. The van der Waals surface area contributed by atoms with Gasteiger partial charge in [0.1, 0.15) is 10.6 Å². The Morgan fingerprint density at radius 2 is 2.14 bits per heavy atom. The van der Waals surface area contributed by atoms with Crippen molar-refractivity contribution in [2.24, 2.45) is 5.73 Å². The van der Waals surface area contributed by atoms with E-state index < -0.39 is 10.0 Å². The van der Waals surface area contributed by atoms with E-state index in [0.717, 1.165) is 12.0 Å². The van der Waals surface area contributed by atoms with Crippen molar-refractivity contribution in [3.05, 3.63) is 23.8 Å². The lowest BCUT2D eigenvalue weighted by Crippen LogP contribution is -2.34. The summed E-state index contributed by atoms with van der Waals surface area (Å²) in [6, 6.07) is 5.30. The number of likely N-dealkylation sites (N-methyl/N-ethyl adjacent to an activating group) is 1. The van der Waals surface area contributed by atoms with Crippen LogP contribution < -0.4 is 10.5 Å². The average Bonchev–Trinajstić information content (AvgIpc) is 2.97. The van der Waals surface area contributed by atoms with E-state index >= 15 is 0 Å². The van der Waals surface area contributed by atoms with Gasteiger partial charge >= 0.3 is 0 Å². The number of ether oxygens (including phenoxy) is 1. The van der Waals surface area contributed by atoms with Crippen molar-refractivity contribution in [1.29, 1.82) is 0 Å². The van der Waals surface area contributed by atoms with E-state index in [0.29, 0.717) is 25.4 Å². The zero-order valence-electron chi connectivity index (χ0n) is 12.7. The normalized spacial score (nSPS) is 20.1. The molecule has 1 aromatic carbocycles. The highest BCUT2D eigenvalue weighted by Gasteiger charge is 2.35. The van der Waals surface area contributed by atoms with E-state index in [4.69, 9.17) is 10.5 Å². The van der Waals surface area contributed by atoms with Crippen molar-refractivity contribution < 1.29 is 13.2 Å². The first-order valence-electron chi connectivity index (χ1n) is 6.93. The summed E-state index contributed by atoms with van der Waals surface area (Å²) in [5.74, 6) is 0.362. The molecule has 21 heavy (non-hydrogen) atoms. The second-order valence-electron chi connectivity index (χ2n) is 5.46. The second-order valence-corrected chi connectivity index (χ2v) is 7.36. The fourth-order valence-corrected chi connectivity index (χ4v) is 4.24. The van der Waals surface area contributed by atoms with Crippen molar-refractivity contribution in [3.8, 4) is 5.75 Å². The molecule has 0 aromatic heterocycles. The van der Waals surface area contributed by atoms with Crippen LogP contribution in [0, 0.1) is 0 Å². The molecular formula is C14H23N3O3S. The third-order valence-electron chi connectivity index (χ3n) is 3.94. The van der Waals surface area contributed by atoms with Gasteiger partial charge in [-0.05, 0) is 38.2 Å². The maximum absolute atomic E-state index is 12.8. The summed E-state index contributed by atoms with van der Waals surface area (Å²) in [5.41, 5.74) is 6.39. The standard InChI is InChI=1S/C14H23N3O3S/c1-16(2)12-6-7-17(10-12)21(18,19)14-8-11(9-15)4-5-13(14)20-3/h4-5,8,12H,6-7,9-10,15H2,1-3H3. The van der Waals surface area contributed by atoms with Gasteiger partial charge in [0.2, 0.25) is 10.0 Å². The summed E-state index contributed by atoms with van der Waals surface area (Å²) < 4.78 is 32.4. The van der Waals surface area contributed by atoms with Crippen molar-refractivity contribution in [3.63, 3.8) is 0 Å². The molecule has 1 aliphatic rings. The summed E-state index contributed by atoms with van der Waals surface area (Å²) in [4.78, 5) is 2.26.